The summed E-state index contributed by atoms with van der Waals surface area (Å²) in [6, 6.07) is 17.9. The van der Waals surface area contributed by atoms with Crippen LogP contribution in [-0.2, 0) is 6.54 Å². The largest absolute Gasteiger partial charge is 0.384 e. The Labute approximate surface area is 144 Å². The predicted octanol–water partition coefficient (Wildman–Crippen LogP) is 5.15. The molecule has 0 bridgehead atoms. The standard InChI is InChI=1S/C22H23NO/c1-4-20(22-14-12-21(13-15-22)18(3)24)11-10-17(2)23-16-19-8-6-5-7-9-19/h4-15,23H,1,16H2,2-3H3/b17-10+,20-11+. The lowest BCUT2D eigenvalue weighted by atomic mass is 10.0. The number of benzene rings is 2. The molecule has 0 saturated carbocycles. The van der Waals surface area contributed by atoms with E-state index >= 15 is 0 Å². The summed E-state index contributed by atoms with van der Waals surface area (Å²) in [4.78, 5) is 11.3. The Morgan fingerprint density at radius 2 is 1.58 bits per heavy atom. The second kappa shape index (κ2) is 8.68. The van der Waals surface area contributed by atoms with Crippen molar-refractivity contribution in [3.05, 3.63) is 102 Å². The van der Waals surface area contributed by atoms with Gasteiger partial charge in [0, 0.05) is 17.8 Å². The van der Waals surface area contributed by atoms with Gasteiger partial charge in [0.05, 0.1) is 0 Å². The van der Waals surface area contributed by atoms with E-state index in [0.717, 1.165) is 28.9 Å². The van der Waals surface area contributed by atoms with Crippen LogP contribution >= 0.6 is 0 Å². The molecule has 2 aromatic carbocycles. The molecule has 2 nitrogen and oxygen atoms in total. The number of ketones is 1. The third-order valence-corrected chi connectivity index (χ3v) is 3.77. The van der Waals surface area contributed by atoms with Gasteiger partial charge in [-0.05, 0) is 36.6 Å². The number of hydrogen-bond acceptors (Lipinski definition) is 2. The van der Waals surface area contributed by atoms with E-state index in [0.29, 0.717) is 0 Å². The maximum atomic E-state index is 11.3. The molecular weight excluding hydrogens is 294 g/mol. The number of carbonyl (C=O) groups is 1. The van der Waals surface area contributed by atoms with Crippen molar-refractivity contribution in [1.29, 1.82) is 0 Å². The van der Waals surface area contributed by atoms with Crippen molar-refractivity contribution < 1.29 is 4.79 Å². The first-order valence-corrected chi connectivity index (χ1v) is 8.00. The van der Waals surface area contributed by atoms with E-state index in [4.69, 9.17) is 0 Å². The molecule has 0 spiro atoms. The quantitative estimate of drug-likeness (QED) is 0.565. The maximum Gasteiger partial charge on any atom is 0.159 e. The van der Waals surface area contributed by atoms with Crippen molar-refractivity contribution in [1.82, 2.24) is 5.32 Å². The van der Waals surface area contributed by atoms with Crippen molar-refractivity contribution in [2.75, 3.05) is 0 Å². The molecular formula is C22H23NO. The van der Waals surface area contributed by atoms with Crippen LogP contribution in [0.5, 0.6) is 0 Å². The zero-order chi connectivity index (χ0) is 17.4. The van der Waals surface area contributed by atoms with Crippen LogP contribution < -0.4 is 5.32 Å². The molecule has 0 fully saturated rings. The van der Waals surface area contributed by atoms with Crippen molar-refractivity contribution in [3.63, 3.8) is 0 Å². The highest BCUT2D eigenvalue weighted by Gasteiger charge is 2.01. The summed E-state index contributed by atoms with van der Waals surface area (Å²) in [7, 11) is 0. The second-order valence-corrected chi connectivity index (χ2v) is 5.65. The van der Waals surface area contributed by atoms with Crippen LogP contribution in [0.2, 0.25) is 0 Å². The first-order valence-electron chi connectivity index (χ1n) is 8.00. The lowest BCUT2D eigenvalue weighted by Crippen LogP contribution is -2.09. The minimum Gasteiger partial charge on any atom is -0.384 e. The van der Waals surface area contributed by atoms with Crippen LogP contribution in [-0.4, -0.2) is 5.78 Å². The first-order chi connectivity index (χ1) is 11.6. The normalized spacial score (nSPS) is 11.9. The molecule has 0 aliphatic carbocycles. The van der Waals surface area contributed by atoms with E-state index in [9.17, 15) is 4.79 Å². The van der Waals surface area contributed by atoms with E-state index in [1.807, 2.05) is 67.6 Å². The Morgan fingerprint density at radius 1 is 0.958 bits per heavy atom. The minimum atomic E-state index is 0.0755. The fourth-order valence-electron chi connectivity index (χ4n) is 2.29. The van der Waals surface area contributed by atoms with Gasteiger partial charge in [-0.2, -0.15) is 0 Å². The summed E-state index contributed by atoms with van der Waals surface area (Å²) < 4.78 is 0. The average molecular weight is 317 g/mol. The van der Waals surface area contributed by atoms with Gasteiger partial charge in [-0.1, -0.05) is 73.3 Å². The van der Waals surface area contributed by atoms with Gasteiger partial charge in [-0.15, -0.1) is 0 Å². The SMILES string of the molecule is C=C/C(=C\C=C(/C)NCc1ccccc1)c1ccc(C(C)=O)cc1. The minimum absolute atomic E-state index is 0.0755. The highest BCUT2D eigenvalue weighted by atomic mass is 16.1. The van der Waals surface area contributed by atoms with Crippen molar-refractivity contribution in [2.45, 2.75) is 20.4 Å². The van der Waals surface area contributed by atoms with Crippen LogP contribution in [0, 0.1) is 0 Å². The highest BCUT2D eigenvalue weighted by molar-refractivity contribution is 5.94. The molecule has 1 N–H and O–H groups in total. The van der Waals surface area contributed by atoms with Crippen LogP contribution in [0.4, 0.5) is 0 Å². The van der Waals surface area contributed by atoms with E-state index in [1.165, 1.54) is 5.56 Å². The smallest absolute Gasteiger partial charge is 0.159 e. The Kier molecular flexibility index (Phi) is 6.32. The summed E-state index contributed by atoms with van der Waals surface area (Å²) in [5.41, 5.74) is 5.11. The van der Waals surface area contributed by atoms with Crippen molar-refractivity contribution in [2.24, 2.45) is 0 Å². The molecule has 0 radical (unpaired) electrons. The third-order valence-electron chi connectivity index (χ3n) is 3.77. The molecule has 0 atom stereocenters. The van der Waals surface area contributed by atoms with Gasteiger partial charge in [-0.3, -0.25) is 4.79 Å². The zero-order valence-corrected chi connectivity index (χ0v) is 14.3. The summed E-state index contributed by atoms with van der Waals surface area (Å²) in [6.07, 6.45) is 5.89. The van der Waals surface area contributed by atoms with E-state index < -0.39 is 0 Å². The third kappa shape index (κ3) is 5.10. The number of carbonyl (C=O) groups excluding carboxylic acids is 1. The van der Waals surface area contributed by atoms with Crippen molar-refractivity contribution in [3.8, 4) is 0 Å². The molecule has 0 aliphatic heterocycles. The molecule has 122 valence electrons. The Morgan fingerprint density at radius 3 is 2.17 bits per heavy atom. The molecule has 2 rings (SSSR count). The average Bonchev–Trinajstić information content (AvgIpc) is 2.61. The Bertz CT molecular complexity index is 752. The van der Waals surface area contributed by atoms with E-state index in [1.54, 1.807) is 6.92 Å². The lowest BCUT2D eigenvalue weighted by molar-refractivity contribution is 0.101. The Hall–Kier alpha value is -2.87. The van der Waals surface area contributed by atoms with Gasteiger partial charge >= 0.3 is 0 Å². The molecule has 0 amide bonds. The van der Waals surface area contributed by atoms with Crippen LogP contribution in [0.1, 0.15) is 35.3 Å². The molecule has 0 aromatic heterocycles. The molecule has 0 aliphatic rings. The summed E-state index contributed by atoms with van der Waals surface area (Å²) in [5, 5.41) is 3.39. The fraction of sp³-hybridized carbons (Fsp3) is 0.136. The van der Waals surface area contributed by atoms with Gasteiger partial charge in [0.25, 0.3) is 0 Å². The maximum absolute atomic E-state index is 11.3. The summed E-state index contributed by atoms with van der Waals surface area (Å²) in [6.45, 7) is 8.29. The Balaban J connectivity index is 2.05. The number of hydrogen-bond donors (Lipinski definition) is 1. The monoisotopic (exact) mass is 317 g/mol. The number of Topliss-reactive ketones (excluding diaryl/α,β-unsaturated/α-hetero) is 1. The molecule has 0 heterocycles. The van der Waals surface area contributed by atoms with E-state index in [-0.39, 0.29) is 5.78 Å². The van der Waals surface area contributed by atoms with Gasteiger partial charge in [0.1, 0.15) is 0 Å². The fourth-order valence-corrected chi connectivity index (χ4v) is 2.29. The number of allylic oxidation sites excluding steroid dienone is 5. The van der Waals surface area contributed by atoms with Gasteiger partial charge in [0.2, 0.25) is 0 Å². The van der Waals surface area contributed by atoms with Crippen LogP contribution in [0.25, 0.3) is 5.57 Å². The molecule has 0 saturated heterocycles. The molecule has 2 aromatic rings. The molecule has 0 unspecified atom stereocenters. The summed E-state index contributed by atoms with van der Waals surface area (Å²) >= 11 is 0. The van der Waals surface area contributed by atoms with Crippen molar-refractivity contribution >= 4 is 11.4 Å². The van der Waals surface area contributed by atoms with Gasteiger partial charge in [-0.25, -0.2) is 0 Å². The molecule has 2 heteroatoms. The number of nitrogens with one attached hydrogen (secondary N) is 1. The zero-order valence-electron chi connectivity index (χ0n) is 14.3. The highest BCUT2D eigenvalue weighted by Crippen LogP contribution is 2.17. The first kappa shape index (κ1) is 17.5. The number of rotatable bonds is 7. The van der Waals surface area contributed by atoms with Gasteiger partial charge < -0.3 is 5.32 Å². The van der Waals surface area contributed by atoms with Crippen LogP contribution in [0.15, 0.2) is 85.1 Å². The molecule has 24 heavy (non-hydrogen) atoms. The second-order valence-electron chi connectivity index (χ2n) is 5.65. The van der Waals surface area contributed by atoms with Gasteiger partial charge in [0.15, 0.2) is 5.78 Å². The van der Waals surface area contributed by atoms with E-state index in [2.05, 4.69) is 24.0 Å². The van der Waals surface area contributed by atoms with Crippen LogP contribution in [0.3, 0.4) is 0 Å². The topological polar surface area (TPSA) is 29.1 Å². The lowest BCUT2D eigenvalue weighted by Gasteiger charge is -2.07. The predicted molar refractivity (Wildman–Crippen MR) is 102 cm³/mol. The summed E-state index contributed by atoms with van der Waals surface area (Å²) in [5.74, 6) is 0.0755.